The molecule has 2 aromatic rings. The SMILES string of the molecule is COc1ccc(NC(=O)C[C@]2(C)NN=C(c3ccccc3)S2)c(OC)c1. The number of anilines is 1. The first-order valence-corrected chi connectivity index (χ1v) is 8.96. The van der Waals surface area contributed by atoms with Gasteiger partial charge in [-0.1, -0.05) is 42.1 Å². The summed E-state index contributed by atoms with van der Waals surface area (Å²) in [6.07, 6.45) is 0.257. The maximum atomic E-state index is 12.5. The zero-order valence-corrected chi connectivity index (χ0v) is 15.7. The van der Waals surface area contributed by atoms with Crippen molar-refractivity contribution in [3.05, 3.63) is 54.1 Å². The van der Waals surface area contributed by atoms with Crippen LogP contribution in [-0.4, -0.2) is 30.0 Å². The summed E-state index contributed by atoms with van der Waals surface area (Å²) in [6.45, 7) is 1.96. The van der Waals surface area contributed by atoms with Gasteiger partial charge < -0.3 is 14.8 Å². The van der Waals surface area contributed by atoms with Crippen molar-refractivity contribution in [2.45, 2.75) is 18.2 Å². The van der Waals surface area contributed by atoms with Gasteiger partial charge in [0.15, 0.2) is 0 Å². The minimum Gasteiger partial charge on any atom is -0.497 e. The van der Waals surface area contributed by atoms with Gasteiger partial charge in [-0.3, -0.25) is 10.2 Å². The summed E-state index contributed by atoms with van der Waals surface area (Å²) in [6, 6.07) is 15.2. The third kappa shape index (κ3) is 4.11. The first-order chi connectivity index (χ1) is 12.5. The number of rotatable bonds is 6. The molecular formula is C19H21N3O3S. The number of amides is 1. The highest BCUT2D eigenvalue weighted by atomic mass is 32.2. The Kier molecular flexibility index (Phi) is 5.37. The van der Waals surface area contributed by atoms with Crippen LogP contribution in [0.2, 0.25) is 0 Å². The largest absolute Gasteiger partial charge is 0.497 e. The Hall–Kier alpha value is -2.67. The van der Waals surface area contributed by atoms with Crippen LogP contribution in [0.4, 0.5) is 5.69 Å². The third-order valence-corrected chi connectivity index (χ3v) is 5.12. The number of hydrazone groups is 1. The maximum Gasteiger partial charge on any atom is 0.227 e. The lowest BCUT2D eigenvalue weighted by Crippen LogP contribution is -2.36. The number of hydrogen-bond acceptors (Lipinski definition) is 6. The summed E-state index contributed by atoms with van der Waals surface area (Å²) in [4.78, 5) is 12.0. The average Bonchev–Trinajstić information content (AvgIpc) is 3.04. The molecule has 136 valence electrons. The molecular weight excluding hydrogens is 350 g/mol. The van der Waals surface area contributed by atoms with Crippen LogP contribution in [0.25, 0.3) is 0 Å². The van der Waals surface area contributed by atoms with Crippen molar-refractivity contribution in [3.8, 4) is 11.5 Å². The van der Waals surface area contributed by atoms with Gasteiger partial charge in [0, 0.05) is 11.6 Å². The van der Waals surface area contributed by atoms with E-state index < -0.39 is 4.87 Å². The van der Waals surface area contributed by atoms with Crippen molar-refractivity contribution in [2.75, 3.05) is 19.5 Å². The van der Waals surface area contributed by atoms with Gasteiger partial charge in [0.25, 0.3) is 0 Å². The second-order valence-electron chi connectivity index (χ2n) is 6.02. The molecule has 0 saturated carbocycles. The zero-order chi connectivity index (χ0) is 18.6. The van der Waals surface area contributed by atoms with Crippen molar-refractivity contribution in [1.82, 2.24) is 5.43 Å². The molecule has 1 amide bonds. The van der Waals surface area contributed by atoms with Crippen LogP contribution >= 0.6 is 11.8 Å². The molecule has 1 heterocycles. The van der Waals surface area contributed by atoms with Crippen LogP contribution in [0.1, 0.15) is 18.9 Å². The van der Waals surface area contributed by atoms with Crippen molar-refractivity contribution in [1.29, 1.82) is 0 Å². The number of ether oxygens (including phenoxy) is 2. The Bertz CT molecular complexity index is 826. The first-order valence-electron chi connectivity index (χ1n) is 8.14. The number of hydrogen-bond donors (Lipinski definition) is 2. The van der Waals surface area contributed by atoms with Gasteiger partial charge in [-0.15, -0.1) is 0 Å². The summed E-state index contributed by atoms with van der Waals surface area (Å²) in [5.41, 5.74) is 4.72. The van der Waals surface area contributed by atoms with Gasteiger partial charge in [-0.05, 0) is 19.1 Å². The fraction of sp³-hybridized carbons (Fsp3) is 0.263. The molecule has 0 radical (unpaired) electrons. The molecule has 1 aliphatic rings. The number of benzene rings is 2. The number of nitrogens with one attached hydrogen (secondary N) is 2. The molecule has 2 aromatic carbocycles. The van der Waals surface area contributed by atoms with E-state index in [2.05, 4.69) is 15.8 Å². The molecule has 0 aromatic heterocycles. The summed E-state index contributed by atoms with van der Waals surface area (Å²) in [5.74, 6) is 1.09. The summed E-state index contributed by atoms with van der Waals surface area (Å²) >= 11 is 1.55. The van der Waals surface area contributed by atoms with Gasteiger partial charge in [-0.2, -0.15) is 5.10 Å². The quantitative estimate of drug-likeness (QED) is 0.814. The van der Waals surface area contributed by atoms with E-state index in [4.69, 9.17) is 9.47 Å². The van der Waals surface area contributed by atoms with E-state index >= 15 is 0 Å². The van der Waals surface area contributed by atoms with Gasteiger partial charge in [-0.25, -0.2) is 0 Å². The number of methoxy groups -OCH3 is 2. The molecule has 1 aliphatic heterocycles. The smallest absolute Gasteiger partial charge is 0.227 e. The van der Waals surface area contributed by atoms with Gasteiger partial charge >= 0.3 is 0 Å². The van der Waals surface area contributed by atoms with E-state index in [1.807, 2.05) is 37.3 Å². The number of nitrogens with zero attached hydrogens (tertiary/aromatic N) is 1. The standard InChI is InChI=1S/C19H21N3O3S/c1-19(22-21-18(26-19)13-7-5-4-6-8-13)12-17(23)20-15-10-9-14(24-2)11-16(15)25-3/h4-11,22H,12H2,1-3H3,(H,20,23)/t19-/m1/s1. The van der Waals surface area contributed by atoms with Gasteiger partial charge in [0.2, 0.25) is 5.91 Å². The summed E-state index contributed by atoms with van der Waals surface area (Å²) in [5, 5.41) is 8.16. The number of thioether (sulfide) groups is 1. The lowest BCUT2D eigenvalue weighted by atomic mass is 10.2. The van der Waals surface area contributed by atoms with Crippen molar-refractivity contribution in [3.63, 3.8) is 0 Å². The molecule has 0 unspecified atom stereocenters. The predicted molar refractivity (Wildman–Crippen MR) is 105 cm³/mol. The fourth-order valence-electron chi connectivity index (χ4n) is 2.61. The third-order valence-electron chi connectivity index (χ3n) is 3.92. The van der Waals surface area contributed by atoms with E-state index in [-0.39, 0.29) is 12.3 Å². The Morgan fingerprint density at radius 2 is 1.96 bits per heavy atom. The van der Waals surface area contributed by atoms with Gasteiger partial charge in [0.1, 0.15) is 21.4 Å². The molecule has 0 bridgehead atoms. The Labute approximate surface area is 157 Å². The highest BCUT2D eigenvalue weighted by Gasteiger charge is 2.35. The minimum absolute atomic E-state index is 0.125. The average molecular weight is 371 g/mol. The fourth-order valence-corrected chi connectivity index (χ4v) is 3.68. The van der Waals surface area contributed by atoms with Crippen molar-refractivity contribution < 1.29 is 14.3 Å². The molecule has 26 heavy (non-hydrogen) atoms. The second-order valence-corrected chi connectivity index (χ2v) is 7.51. The van der Waals surface area contributed by atoms with Crippen LogP contribution < -0.4 is 20.2 Å². The topological polar surface area (TPSA) is 72.0 Å². The van der Waals surface area contributed by atoms with E-state index in [0.29, 0.717) is 17.2 Å². The molecule has 0 aliphatic carbocycles. The van der Waals surface area contributed by atoms with Crippen molar-refractivity contribution >= 4 is 28.4 Å². The molecule has 7 heteroatoms. The maximum absolute atomic E-state index is 12.5. The van der Waals surface area contributed by atoms with Crippen LogP contribution in [0.5, 0.6) is 11.5 Å². The number of carbonyl (C=O) groups is 1. The zero-order valence-electron chi connectivity index (χ0n) is 14.9. The van der Waals surface area contributed by atoms with Crippen LogP contribution in [-0.2, 0) is 4.79 Å². The van der Waals surface area contributed by atoms with Crippen molar-refractivity contribution in [2.24, 2.45) is 5.10 Å². The summed E-state index contributed by atoms with van der Waals surface area (Å²) < 4.78 is 10.5. The van der Waals surface area contributed by atoms with Gasteiger partial charge in [0.05, 0.1) is 26.3 Å². The molecule has 2 N–H and O–H groups in total. The lowest BCUT2D eigenvalue weighted by Gasteiger charge is -2.22. The van der Waals surface area contributed by atoms with Crippen LogP contribution in [0.3, 0.4) is 0 Å². The molecule has 3 rings (SSSR count). The molecule has 0 fully saturated rings. The van der Waals surface area contributed by atoms with Crippen LogP contribution in [0, 0.1) is 0 Å². The summed E-state index contributed by atoms with van der Waals surface area (Å²) in [7, 11) is 3.14. The first kappa shape index (κ1) is 18.1. The van der Waals surface area contributed by atoms with E-state index in [1.165, 1.54) is 0 Å². The molecule has 0 saturated heterocycles. The monoisotopic (exact) mass is 371 g/mol. The minimum atomic E-state index is -0.505. The Morgan fingerprint density at radius 1 is 1.19 bits per heavy atom. The highest BCUT2D eigenvalue weighted by Crippen LogP contribution is 2.35. The predicted octanol–water partition coefficient (Wildman–Crippen LogP) is 3.45. The van der Waals surface area contributed by atoms with Crippen LogP contribution in [0.15, 0.2) is 53.6 Å². The molecule has 1 atom stereocenters. The number of carbonyl (C=O) groups excluding carboxylic acids is 1. The highest BCUT2D eigenvalue weighted by molar-refractivity contribution is 8.15. The Morgan fingerprint density at radius 3 is 2.65 bits per heavy atom. The molecule has 0 spiro atoms. The lowest BCUT2D eigenvalue weighted by molar-refractivity contribution is -0.116. The second kappa shape index (κ2) is 7.70. The normalized spacial score (nSPS) is 18.7. The molecule has 6 nitrogen and oxygen atoms in total. The van der Waals surface area contributed by atoms with E-state index in [9.17, 15) is 4.79 Å². The van der Waals surface area contributed by atoms with E-state index in [0.717, 1.165) is 10.6 Å². The Balaban J connectivity index is 1.64. The van der Waals surface area contributed by atoms with E-state index in [1.54, 1.807) is 44.2 Å².